The second kappa shape index (κ2) is 23.5. The van der Waals surface area contributed by atoms with Gasteiger partial charge in [-0.1, -0.05) is 45.4 Å². The fourth-order valence-electron chi connectivity index (χ4n) is 16.6. The minimum absolute atomic E-state index is 0.0578. The zero-order valence-corrected chi connectivity index (χ0v) is 48.0. The van der Waals surface area contributed by atoms with Crippen LogP contribution < -0.4 is 5.73 Å². The van der Waals surface area contributed by atoms with Crippen LogP contribution in [0.5, 0.6) is 0 Å². The Balaban J connectivity index is 0.883. The molecule has 9 aliphatic rings. The number of hydrogen-bond donors (Lipinski definition) is 1. The van der Waals surface area contributed by atoms with Crippen molar-refractivity contribution in [3.8, 4) is 0 Å². The highest BCUT2D eigenvalue weighted by Crippen LogP contribution is 2.71. The number of fused-ring (bicyclic) bond motifs is 7. The van der Waals surface area contributed by atoms with Crippen molar-refractivity contribution in [2.45, 2.75) is 203 Å². The highest BCUT2D eigenvalue weighted by atomic mass is 16.8. The predicted molar refractivity (Wildman–Crippen MR) is 281 cm³/mol. The molecule has 25 atom stereocenters. The van der Waals surface area contributed by atoms with Crippen molar-refractivity contribution in [1.29, 1.82) is 0 Å². The van der Waals surface area contributed by atoms with E-state index in [1.165, 1.54) is 24.8 Å². The smallest absolute Gasteiger partial charge is 0.340 e. The Bertz CT molecular complexity index is 2210. The topological polar surface area (TPSA) is 191 Å². The van der Waals surface area contributed by atoms with Crippen LogP contribution in [-0.2, 0) is 75.8 Å². The van der Waals surface area contributed by atoms with Crippen LogP contribution in [-0.4, -0.2) is 180 Å². The monoisotopic (exact) mass is 1090 g/mol. The van der Waals surface area contributed by atoms with E-state index >= 15 is 0 Å². The summed E-state index contributed by atoms with van der Waals surface area (Å²) in [4.78, 5) is 13.3. The van der Waals surface area contributed by atoms with Gasteiger partial charge in [-0.2, -0.15) is 0 Å². The quantitative estimate of drug-likeness (QED) is 0.0936. The van der Waals surface area contributed by atoms with Crippen molar-refractivity contribution in [1.82, 2.24) is 0 Å². The number of aryl methyl sites for hydroxylation is 1. The first kappa shape index (κ1) is 57.8. The van der Waals surface area contributed by atoms with Crippen molar-refractivity contribution >= 4 is 11.7 Å². The lowest BCUT2D eigenvalue weighted by molar-refractivity contribution is -0.384. The number of anilines is 1. The van der Waals surface area contributed by atoms with E-state index in [1.54, 1.807) is 68.0 Å². The van der Waals surface area contributed by atoms with Crippen LogP contribution in [0.2, 0.25) is 0 Å². The van der Waals surface area contributed by atoms with Gasteiger partial charge in [0.25, 0.3) is 0 Å². The molecule has 5 aliphatic heterocycles. The summed E-state index contributed by atoms with van der Waals surface area (Å²) in [5.41, 5.74) is 9.47. The van der Waals surface area contributed by atoms with Gasteiger partial charge in [0.15, 0.2) is 24.7 Å². The first-order valence-electron chi connectivity index (χ1n) is 28.6. The number of nitrogen functional groups attached to an aromatic ring is 1. The molecule has 5 heterocycles. The summed E-state index contributed by atoms with van der Waals surface area (Å²) in [6, 6.07) is 5.18. The number of methoxy groups -OCH3 is 7. The minimum Gasteiger partial charge on any atom is -0.459 e. The van der Waals surface area contributed by atoms with Gasteiger partial charge in [-0.3, -0.25) is 0 Å². The van der Waals surface area contributed by atoms with Crippen molar-refractivity contribution in [3.63, 3.8) is 0 Å². The Morgan fingerprint density at radius 1 is 0.701 bits per heavy atom. The molecule has 1 aromatic rings. The van der Waals surface area contributed by atoms with E-state index in [2.05, 4.69) is 33.8 Å². The Kier molecular flexibility index (Phi) is 17.6. The van der Waals surface area contributed by atoms with Gasteiger partial charge in [0.1, 0.15) is 67.6 Å². The van der Waals surface area contributed by atoms with Gasteiger partial charge in [-0.15, -0.1) is 0 Å². The van der Waals surface area contributed by atoms with Gasteiger partial charge in [0.2, 0.25) is 0 Å². The van der Waals surface area contributed by atoms with Crippen LogP contribution in [0.4, 0.5) is 5.69 Å². The van der Waals surface area contributed by atoms with E-state index in [0.29, 0.717) is 41.2 Å². The van der Waals surface area contributed by atoms with Crippen LogP contribution in [0, 0.1) is 53.3 Å². The number of allylic oxidation sites excluding steroid dienone is 1. The molecule has 77 heavy (non-hydrogen) atoms. The van der Waals surface area contributed by atoms with E-state index in [1.807, 2.05) is 13.8 Å². The molecule has 10 rings (SSSR count). The molecule has 18 heteroatoms. The Morgan fingerprint density at radius 2 is 1.35 bits per heavy atom. The SMILES string of the molecule is COC[C@H]1O[C@@H](O[C@H]2CC[C@@]3(C)C(=CCC4C5CC6O[C@]7(CC[C@@H](C)CO7)[C@@H](C)C6[C@@]5(C)CCC43)C2)[C@H](O[C@@H]2O[C@@H](C)[C@H](OC)[C@@H](OC)[C@H]2OC)[C@@H](OC)[C@@H]1O[C@@H]1O[C@@H](COC(=O)c2ccc(C)cc2N)[C@H](OC)[C@H]1OC. The predicted octanol–water partition coefficient (Wildman–Crippen LogP) is 7.19. The molecule has 434 valence electrons. The van der Waals surface area contributed by atoms with E-state index in [0.717, 1.165) is 50.7 Å². The summed E-state index contributed by atoms with van der Waals surface area (Å²) in [5.74, 6) is 2.32. The van der Waals surface area contributed by atoms with Gasteiger partial charge >= 0.3 is 5.97 Å². The van der Waals surface area contributed by atoms with Crippen molar-refractivity contribution in [2.24, 2.45) is 46.3 Å². The molecule has 0 radical (unpaired) electrons. The first-order chi connectivity index (χ1) is 37.0. The number of ether oxygens (including phenoxy) is 16. The summed E-state index contributed by atoms with van der Waals surface area (Å²) < 4.78 is 103. The van der Waals surface area contributed by atoms with Crippen molar-refractivity contribution in [3.05, 3.63) is 41.0 Å². The molecule has 1 spiro atoms. The molecule has 8 fully saturated rings. The molecular weight excluding hydrogens is 995 g/mol. The summed E-state index contributed by atoms with van der Waals surface area (Å²) in [6.45, 7) is 14.4. The zero-order valence-electron chi connectivity index (χ0n) is 48.0. The Hall–Kier alpha value is -2.37. The summed E-state index contributed by atoms with van der Waals surface area (Å²) >= 11 is 0. The van der Waals surface area contributed by atoms with Gasteiger partial charge in [0, 0.05) is 67.8 Å². The van der Waals surface area contributed by atoms with Crippen LogP contribution in [0.15, 0.2) is 29.8 Å². The fraction of sp³-hybridized carbons (Fsp3) is 0.847. The second-order valence-electron chi connectivity index (χ2n) is 24.6. The minimum atomic E-state index is -1.04. The molecule has 5 unspecified atom stereocenters. The van der Waals surface area contributed by atoms with Crippen molar-refractivity contribution < 1.29 is 80.6 Å². The molecule has 2 N–H and O–H groups in total. The molecule has 0 amide bonds. The number of carbonyl (C=O) groups excluding carboxylic acids is 1. The largest absolute Gasteiger partial charge is 0.459 e. The first-order valence-corrected chi connectivity index (χ1v) is 28.6. The van der Waals surface area contributed by atoms with Crippen LogP contribution >= 0.6 is 0 Å². The van der Waals surface area contributed by atoms with Gasteiger partial charge in [-0.05, 0) is 123 Å². The van der Waals surface area contributed by atoms with Crippen LogP contribution in [0.1, 0.15) is 108 Å². The number of benzene rings is 1. The van der Waals surface area contributed by atoms with Gasteiger partial charge < -0.3 is 81.5 Å². The summed E-state index contributed by atoms with van der Waals surface area (Å²) in [5, 5.41) is 0. The number of nitrogens with two attached hydrogens (primary N) is 1. The average Bonchev–Trinajstić information content (AvgIpc) is 4.26. The Morgan fingerprint density at radius 3 is 2.01 bits per heavy atom. The van der Waals surface area contributed by atoms with Gasteiger partial charge in [-0.25, -0.2) is 4.79 Å². The standard InChI is InChI=1S/C59H91NO17/c1-30-14-16-37(40(60)24-30)53(61)69-29-43-46(64-9)50(67-12)55(74-43)75-47-42(28-62-7)73-56(52(49(47)66-11)76-54-51(68-13)48(65-10)45(63-8)33(4)71-54)72-35-19-21-57(5)34(25-35)15-17-36-38(57)20-22-58(6)39(36)26-41-44(58)32(3)59(77-41)23-18-31(2)27-70-59/h14-16,24,31-33,35-36,38-39,41-52,54-56H,17-23,25-29,60H2,1-13H3/t31-,32+,33+,35+,36?,38?,39?,41?,42-,43+,44?,45+,46+,47-,48-,49+,50-,51-,52-,54+,55+,56-,57+,58+,59-/m1/s1. The number of hydrogen-bond acceptors (Lipinski definition) is 18. The maximum Gasteiger partial charge on any atom is 0.340 e. The third kappa shape index (κ3) is 10.4. The molecule has 3 saturated carbocycles. The van der Waals surface area contributed by atoms with Crippen LogP contribution in [0.25, 0.3) is 0 Å². The van der Waals surface area contributed by atoms with E-state index in [4.69, 9.17) is 81.5 Å². The molecule has 0 aromatic heterocycles. The Labute approximate surface area is 456 Å². The van der Waals surface area contributed by atoms with Crippen LogP contribution in [0.3, 0.4) is 0 Å². The third-order valence-corrected chi connectivity index (χ3v) is 20.6. The lowest BCUT2D eigenvalue weighted by atomic mass is 9.47. The molecule has 4 aliphatic carbocycles. The van der Waals surface area contributed by atoms with E-state index in [-0.39, 0.29) is 41.8 Å². The van der Waals surface area contributed by atoms with E-state index < -0.39 is 97.8 Å². The highest BCUT2D eigenvalue weighted by Gasteiger charge is 2.69. The number of esters is 1. The molecule has 1 aromatic carbocycles. The lowest BCUT2D eigenvalue weighted by Gasteiger charge is -2.59. The molecule has 5 saturated heterocycles. The summed E-state index contributed by atoms with van der Waals surface area (Å²) in [6.07, 6.45) is 1.36. The van der Waals surface area contributed by atoms with E-state index in [9.17, 15) is 4.79 Å². The van der Waals surface area contributed by atoms with Gasteiger partial charge in [0.05, 0.1) is 37.1 Å². The molecular formula is C59H91NO17. The zero-order chi connectivity index (χ0) is 54.7. The fourth-order valence-corrected chi connectivity index (χ4v) is 16.6. The number of carbonyl (C=O) groups is 1. The lowest BCUT2D eigenvalue weighted by Crippen LogP contribution is -2.66. The molecule has 0 bridgehead atoms. The molecule has 18 nitrogen and oxygen atoms in total. The second-order valence-corrected chi connectivity index (χ2v) is 24.6. The third-order valence-electron chi connectivity index (χ3n) is 20.6. The highest BCUT2D eigenvalue weighted by molar-refractivity contribution is 5.95. The normalized spacial score (nSPS) is 47.5. The summed E-state index contributed by atoms with van der Waals surface area (Å²) in [7, 11) is 11.2. The maximum absolute atomic E-state index is 13.3. The maximum atomic E-state index is 13.3. The average molecular weight is 1090 g/mol. The van der Waals surface area contributed by atoms with Crippen molar-refractivity contribution in [2.75, 3.05) is 75.3 Å². The number of rotatable bonds is 17.